The number of hydrogen-bond donors (Lipinski definition) is 3. The summed E-state index contributed by atoms with van der Waals surface area (Å²) in [5.74, 6) is -1.52. The van der Waals surface area contributed by atoms with Crippen LogP contribution in [0.15, 0.2) is 24.3 Å². The lowest BCUT2D eigenvalue weighted by atomic mass is 9.65. The Bertz CT molecular complexity index is 581. The number of amides is 1. The van der Waals surface area contributed by atoms with Gasteiger partial charge in [0.15, 0.2) is 0 Å². The molecule has 1 fully saturated rings. The molecule has 0 bridgehead atoms. The lowest BCUT2D eigenvalue weighted by molar-refractivity contribution is -0.154. The number of carboxylic acids is 1. The van der Waals surface area contributed by atoms with Gasteiger partial charge in [-0.3, -0.25) is 9.59 Å². The van der Waals surface area contributed by atoms with Gasteiger partial charge < -0.3 is 15.5 Å². The monoisotopic (exact) mass is 291 g/mol. The van der Waals surface area contributed by atoms with E-state index in [1.807, 2.05) is 13.8 Å². The minimum absolute atomic E-state index is 0.00245. The number of aromatic hydroxyl groups is 1. The quantitative estimate of drug-likeness (QED) is 0.747. The number of phenolic OH excluding ortho intramolecular Hbond substituents is 1. The molecule has 114 valence electrons. The number of nitrogens with one attached hydrogen (secondary N) is 1. The fourth-order valence-corrected chi connectivity index (χ4v) is 3.14. The van der Waals surface area contributed by atoms with Crippen LogP contribution in [0.5, 0.6) is 5.75 Å². The third-order valence-corrected chi connectivity index (χ3v) is 5.18. The highest BCUT2D eigenvalue weighted by Gasteiger charge is 2.58. The van der Waals surface area contributed by atoms with E-state index in [1.54, 1.807) is 25.1 Å². The first kappa shape index (κ1) is 15.4. The van der Waals surface area contributed by atoms with Gasteiger partial charge in [-0.2, -0.15) is 0 Å². The van der Waals surface area contributed by atoms with E-state index in [0.29, 0.717) is 18.5 Å². The van der Waals surface area contributed by atoms with Gasteiger partial charge in [-0.25, -0.2) is 0 Å². The summed E-state index contributed by atoms with van der Waals surface area (Å²) in [7, 11) is 0. The molecule has 0 heterocycles. The normalized spacial score (nSPS) is 27.3. The summed E-state index contributed by atoms with van der Waals surface area (Å²) < 4.78 is 0. The van der Waals surface area contributed by atoms with Gasteiger partial charge in [0.1, 0.15) is 5.75 Å². The molecule has 1 aliphatic carbocycles. The molecule has 0 aromatic heterocycles. The first-order valence-corrected chi connectivity index (χ1v) is 7.02. The third kappa shape index (κ3) is 2.37. The Morgan fingerprint density at radius 2 is 1.86 bits per heavy atom. The highest BCUT2D eigenvalue weighted by atomic mass is 16.4. The largest absolute Gasteiger partial charge is 0.506 e. The molecule has 2 atom stereocenters. The molecule has 0 spiro atoms. The fraction of sp³-hybridized carbons (Fsp3) is 0.500. The summed E-state index contributed by atoms with van der Waals surface area (Å²) in [5, 5.41) is 21.9. The zero-order valence-electron chi connectivity index (χ0n) is 12.5. The summed E-state index contributed by atoms with van der Waals surface area (Å²) >= 11 is 0. The summed E-state index contributed by atoms with van der Waals surface area (Å²) in [6.07, 6.45) is 0.990. The molecule has 21 heavy (non-hydrogen) atoms. The van der Waals surface area contributed by atoms with E-state index in [1.165, 1.54) is 6.07 Å². The van der Waals surface area contributed by atoms with E-state index in [-0.39, 0.29) is 11.7 Å². The molecule has 1 aromatic rings. The van der Waals surface area contributed by atoms with Crippen molar-refractivity contribution in [2.45, 2.75) is 33.6 Å². The van der Waals surface area contributed by atoms with Crippen LogP contribution in [0, 0.1) is 16.7 Å². The molecule has 0 aliphatic heterocycles. The van der Waals surface area contributed by atoms with Crippen molar-refractivity contribution in [3.8, 4) is 5.75 Å². The van der Waals surface area contributed by atoms with Crippen molar-refractivity contribution in [2.75, 3.05) is 5.32 Å². The maximum absolute atomic E-state index is 12.5. The maximum Gasteiger partial charge on any atom is 0.309 e. The predicted octanol–water partition coefficient (Wildman–Crippen LogP) is 2.86. The highest BCUT2D eigenvalue weighted by molar-refractivity contribution is 5.95. The van der Waals surface area contributed by atoms with Crippen LogP contribution in [-0.2, 0) is 9.59 Å². The van der Waals surface area contributed by atoms with E-state index >= 15 is 0 Å². The summed E-state index contributed by atoms with van der Waals surface area (Å²) in [4.78, 5) is 24.0. The lowest BCUT2D eigenvalue weighted by Crippen LogP contribution is -2.43. The second-order valence-corrected chi connectivity index (χ2v) is 6.46. The Morgan fingerprint density at radius 1 is 1.24 bits per heavy atom. The highest BCUT2D eigenvalue weighted by Crippen LogP contribution is 2.56. The smallest absolute Gasteiger partial charge is 0.309 e. The SMILES string of the molecule is CC1(C(=O)O)CCC(C(=O)Nc2ccccc2O)C1(C)C. The average molecular weight is 291 g/mol. The summed E-state index contributed by atoms with van der Waals surface area (Å²) in [6, 6.07) is 6.50. The standard InChI is InChI=1S/C16H21NO4/c1-15(2)10(8-9-16(15,3)14(20)21)13(19)17-11-6-4-5-7-12(11)18/h4-7,10,18H,8-9H2,1-3H3,(H,17,19)(H,20,21). The number of aliphatic carboxylic acids is 1. The molecule has 1 amide bonds. The second kappa shape index (κ2) is 5.06. The molecule has 5 nitrogen and oxygen atoms in total. The van der Waals surface area contributed by atoms with Crippen molar-refractivity contribution in [1.29, 1.82) is 0 Å². The van der Waals surface area contributed by atoms with Gasteiger partial charge in [0.2, 0.25) is 5.91 Å². The molecule has 1 aliphatic rings. The third-order valence-electron chi connectivity index (χ3n) is 5.18. The van der Waals surface area contributed by atoms with Crippen LogP contribution >= 0.6 is 0 Å². The molecule has 1 saturated carbocycles. The van der Waals surface area contributed by atoms with Crippen LogP contribution in [0.25, 0.3) is 0 Å². The van der Waals surface area contributed by atoms with Crippen LogP contribution in [0.3, 0.4) is 0 Å². The molecule has 2 rings (SSSR count). The molecular formula is C16H21NO4. The van der Waals surface area contributed by atoms with Crippen molar-refractivity contribution in [2.24, 2.45) is 16.7 Å². The van der Waals surface area contributed by atoms with E-state index in [0.717, 1.165) is 0 Å². The topological polar surface area (TPSA) is 86.6 Å². The minimum atomic E-state index is -0.923. The molecule has 2 unspecified atom stereocenters. The number of carbonyl (C=O) groups excluding carboxylic acids is 1. The van der Waals surface area contributed by atoms with Crippen molar-refractivity contribution in [3.63, 3.8) is 0 Å². The summed E-state index contributed by atoms with van der Waals surface area (Å²) in [5.41, 5.74) is -1.23. The number of carboxylic acid groups (broad SMARTS) is 1. The second-order valence-electron chi connectivity index (χ2n) is 6.46. The van der Waals surface area contributed by atoms with E-state index in [4.69, 9.17) is 0 Å². The van der Waals surface area contributed by atoms with Crippen LogP contribution in [-0.4, -0.2) is 22.1 Å². The predicted molar refractivity (Wildman–Crippen MR) is 79.0 cm³/mol. The van der Waals surface area contributed by atoms with Gasteiger partial charge in [-0.15, -0.1) is 0 Å². The number of carbonyl (C=O) groups is 2. The first-order chi connectivity index (χ1) is 9.70. The number of phenols is 1. The zero-order valence-corrected chi connectivity index (χ0v) is 12.5. The van der Waals surface area contributed by atoms with E-state index in [2.05, 4.69) is 5.32 Å². The molecule has 0 saturated heterocycles. The Morgan fingerprint density at radius 3 is 2.38 bits per heavy atom. The number of benzene rings is 1. The molecular weight excluding hydrogens is 270 g/mol. The maximum atomic E-state index is 12.5. The van der Waals surface area contributed by atoms with Gasteiger partial charge >= 0.3 is 5.97 Å². The van der Waals surface area contributed by atoms with Gasteiger partial charge in [0, 0.05) is 5.92 Å². The Hall–Kier alpha value is -2.04. The minimum Gasteiger partial charge on any atom is -0.506 e. The Labute approximate surface area is 124 Å². The van der Waals surface area contributed by atoms with Crippen molar-refractivity contribution in [3.05, 3.63) is 24.3 Å². The van der Waals surface area contributed by atoms with Crippen molar-refractivity contribution in [1.82, 2.24) is 0 Å². The Balaban J connectivity index is 2.22. The lowest BCUT2D eigenvalue weighted by Gasteiger charge is -2.37. The molecule has 5 heteroatoms. The van der Waals surface area contributed by atoms with Crippen LogP contribution in [0.2, 0.25) is 0 Å². The van der Waals surface area contributed by atoms with Crippen LogP contribution in [0.1, 0.15) is 33.6 Å². The van der Waals surface area contributed by atoms with Crippen molar-refractivity contribution >= 4 is 17.6 Å². The molecule has 0 radical (unpaired) electrons. The molecule has 3 N–H and O–H groups in total. The van der Waals surface area contributed by atoms with E-state index < -0.39 is 22.7 Å². The van der Waals surface area contributed by atoms with E-state index in [9.17, 15) is 19.8 Å². The van der Waals surface area contributed by atoms with Crippen LogP contribution in [0.4, 0.5) is 5.69 Å². The molecule has 1 aromatic carbocycles. The number of anilines is 1. The number of rotatable bonds is 3. The van der Waals surface area contributed by atoms with Gasteiger partial charge in [-0.05, 0) is 37.3 Å². The Kier molecular flexibility index (Phi) is 3.70. The summed E-state index contributed by atoms with van der Waals surface area (Å²) in [6.45, 7) is 5.34. The van der Waals surface area contributed by atoms with Gasteiger partial charge in [-0.1, -0.05) is 26.0 Å². The average Bonchev–Trinajstić information content (AvgIpc) is 2.64. The number of para-hydroxylation sites is 2. The zero-order chi connectivity index (χ0) is 15.8. The first-order valence-electron chi connectivity index (χ1n) is 7.02. The van der Waals surface area contributed by atoms with Crippen LogP contribution < -0.4 is 5.32 Å². The fourth-order valence-electron chi connectivity index (χ4n) is 3.14. The number of hydrogen-bond acceptors (Lipinski definition) is 3. The van der Waals surface area contributed by atoms with Crippen molar-refractivity contribution < 1.29 is 19.8 Å². The van der Waals surface area contributed by atoms with Gasteiger partial charge in [0.25, 0.3) is 0 Å². The van der Waals surface area contributed by atoms with Gasteiger partial charge in [0.05, 0.1) is 11.1 Å².